The van der Waals surface area contributed by atoms with Crippen LogP contribution in [0.4, 0.5) is 0 Å². The van der Waals surface area contributed by atoms with Crippen molar-refractivity contribution in [3.63, 3.8) is 0 Å². The lowest BCUT2D eigenvalue weighted by molar-refractivity contribution is 0.0700. The SMILES string of the molecule is O=C(O)c1sc2ccccc2c1CN1CCCS1(=O)=O. The Morgan fingerprint density at radius 3 is 2.75 bits per heavy atom. The molecular weight excluding hydrogens is 298 g/mol. The second-order valence-electron chi connectivity index (χ2n) is 4.71. The average molecular weight is 311 g/mol. The predicted molar refractivity (Wildman–Crippen MR) is 77.6 cm³/mol. The highest BCUT2D eigenvalue weighted by molar-refractivity contribution is 7.89. The summed E-state index contributed by atoms with van der Waals surface area (Å²) in [5, 5.41) is 10.1. The van der Waals surface area contributed by atoms with Crippen molar-refractivity contribution in [1.82, 2.24) is 4.31 Å². The highest BCUT2D eigenvalue weighted by Crippen LogP contribution is 2.33. The van der Waals surface area contributed by atoms with Crippen molar-refractivity contribution in [3.8, 4) is 0 Å². The molecule has 0 atom stereocenters. The third-order valence-electron chi connectivity index (χ3n) is 3.43. The summed E-state index contributed by atoms with van der Waals surface area (Å²) in [6.45, 7) is 0.611. The van der Waals surface area contributed by atoms with Gasteiger partial charge in [0.1, 0.15) is 4.88 Å². The Balaban J connectivity index is 2.10. The van der Waals surface area contributed by atoms with Crippen molar-refractivity contribution < 1.29 is 18.3 Å². The molecule has 2 aromatic rings. The zero-order valence-corrected chi connectivity index (χ0v) is 12.2. The van der Waals surface area contributed by atoms with Crippen LogP contribution in [-0.4, -0.2) is 36.1 Å². The third-order valence-corrected chi connectivity index (χ3v) is 6.53. The molecule has 2 heterocycles. The maximum absolute atomic E-state index is 11.9. The molecule has 106 valence electrons. The molecule has 0 saturated carbocycles. The number of carboxylic acid groups (broad SMARTS) is 1. The Hall–Kier alpha value is -1.44. The van der Waals surface area contributed by atoms with E-state index in [0.717, 1.165) is 10.1 Å². The van der Waals surface area contributed by atoms with E-state index in [2.05, 4.69) is 0 Å². The summed E-state index contributed by atoms with van der Waals surface area (Å²) in [6.07, 6.45) is 0.604. The molecule has 0 unspecified atom stereocenters. The standard InChI is InChI=1S/C13H13NO4S2/c15-13(16)12-10(8-14-6-3-7-20(14,17)18)9-4-1-2-5-11(9)19-12/h1-2,4-5H,3,6-8H2,(H,15,16). The fourth-order valence-electron chi connectivity index (χ4n) is 2.47. The molecule has 1 aromatic carbocycles. The van der Waals surface area contributed by atoms with Gasteiger partial charge in [0.05, 0.1) is 5.75 Å². The lowest BCUT2D eigenvalue weighted by atomic mass is 10.1. The minimum Gasteiger partial charge on any atom is -0.477 e. The van der Waals surface area contributed by atoms with Gasteiger partial charge in [-0.15, -0.1) is 11.3 Å². The maximum atomic E-state index is 11.9. The lowest BCUT2D eigenvalue weighted by Gasteiger charge is -2.14. The quantitative estimate of drug-likeness (QED) is 0.942. The molecule has 1 aliphatic heterocycles. The third kappa shape index (κ3) is 2.21. The van der Waals surface area contributed by atoms with Gasteiger partial charge >= 0.3 is 5.97 Å². The van der Waals surface area contributed by atoms with Gasteiger partial charge in [-0.25, -0.2) is 13.2 Å². The number of carbonyl (C=O) groups is 1. The Labute approximate surface area is 120 Å². The number of benzene rings is 1. The van der Waals surface area contributed by atoms with Crippen molar-refractivity contribution in [3.05, 3.63) is 34.7 Å². The van der Waals surface area contributed by atoms with Crippen LogP contribution in [0.5, 0.6) is 0 Å². The number of nitrogens with zero attached hydrogens (tertiary/aromatic N) is 1. The van der Waals surface area contributed by atoms with Gasteiger partial charge in [0.15, 0.2) is 0 Å². The number of carboxylic acids is 1. The van der Waals surface area contributed by atoms with Crippen LogP contribution in [0, 0.1) is 0 Å². The molecular formula is C13H13NO4S2. The summed E-state index contributed by atoms with van der Waals surface area (Å²) >= 11 is 1.19. The fraction of sp³-hybridized carbons (Fsp3) is 0.308. The van der Waals surface area contributed by atoms with Crippen molar-refractivity contribution in [1.29, 1.82) is 0 Å². The highest BCUT2D eigenvalue weighted by Gasteiger charge is 2.30. The van der Waals surface area contributed by atoms with E-state index in [1.807, 2.05) is 24.3 Å². The average Bonchev–Trinajstić information content (AvgIpc) is 2.92. The summed E-state index contributed by atoms with van der Waals surface area (Å²) in [7, 11) is -3.23. The number of fused-ring (bicyclic) bond motifs is 1. The molecule has 1 saturated heterocycles. The topological polar surface area (TPSA) is 74.7 Å². The molecule has 7 heteroatoms. The van der Waals surface area contributed by atoms with Crippen LogP contribution < -0.4 is 0 Å². The summed E-state index contributed by atoms with van der Waals surface area (Å²) in [5.74, 6) is -0.852. The first-order valence-corrected chi connectivity index (χ1v) is 8.63. The number of rotatable bonds is 3. The van der Waals surface area contributed by atoms with Crippen LogP contribution in [0.3, 0.4) is 0 Å². The second-order valence-corrected chi connectivity index (χ2v) is 7.85. The fourth-order valence-corrected chi connectivity index (χ4v) is 5.01. The van der Waals surface area contributed by atoms with Crippen LogP contribution in [0.2, 0.25) is 0 Å². The molecule has 0 amide bonds. The number of aromatic carboxylic acids is 1. The number of hydrogen-bond acceptors (Lipinski definition) is 4. The van der Waals surface area contributed by atoms with Gasteiger partial charge in [-0.3, -0.25) is 0 Å². The van der Waals surface area contributed by atoms with E-state index in [4.69, 9.17) is 0 Å². The van der Waals surface area contributed by atoms with E-state index in [1.54, 1.807) is 0 Å². The molecule has 1 N–H and O–H groups in total. The van der Waals surface area contributed by atoms with Crippen molar-refractivity contribution in [2.24, 2.45) is 0 Å². The molecule has 0 radical (unpaired) electrons. The number of sulfonamides is 1. The summed E-state index contributed by atoms with van der Waals surface area (Å²) in [5.41, 5.74) is 0.601. The van der Waals surface area contributed by atoms with Gasteiger partial charge in [-0.2, -0.15) is 4.31 Å². The lowest BCUT2D eigenvalue weighted by Crippen LogP contribution is -2.25. The molecule has 0 aliphatic carbocycles. The first-order valence-electron chi connectivity index (χ1n) is 6.20. The summed E-state index contributed by atoms with van der Waals surface area (Å²) < 4.78 is 26.0. The Bertz CT molecular complexity index is 779. The largest absolute Gasteiger partial charge is 0.477 e. The van der Waals surface area contributed by atoms with Gasteiger partial charge < -0.3 is 5.11 Å². The maximum Gasteiger partial charge on any atom is 0.346 e. The van der Waals surface area contributed by atoms with Crippen LogP contribution in [0.15, 0.2) is 24.3 Å². The first-order chi connectivity index (χ1) is 9.49. The van der Waals surface area contributed by atoms with Crippen molar-refractivity contribution in [2.75, 3.05) is 12.3 Å². The van der Waals surface area contributed by atoms with Gasteiger partial charge in [0.2, 0.25) is 10.0 Å². The second kappa shape index (κ2) is 4.83. The molecule has 3 rings (SSSR count). The highest BCUT2D eigenvalue weighted by atomic mass is 32.2. The predicted octanol–water partition coefficient (Wildman–Crippen LogP) is 2.14. The van der Waals surface area contributed by atoms with E-state index in [-0.39, 0.29) is 17.2 Å². The minimum absolute atomic E-state index is 0.147. The van der Waals surface area contributed by atoms with Gasteiger partial charge in [-0.05, 0) is 17.9 Å². The van der Waals surface area contributed by atoms with E-state index in [0.29, 0.717) is 18.5 Å². The molecule has 1 aliphatic rings. The molecule has 0 bridgehead atoms. The Kier molecular flexibility index (Phi) is 3.27. The summed E-state index contributed by atoms with van der Waals surface area (Å²) in [4.78, 5) is 11.6. The first kappa shape index (κ1) is 13.5. The number of thiophene rings is 1. The Morgan fingerprint density at radius 2 is 2.10 bits per heavy atom. The van der Waals surface area contributed by atoms with Gasteiger partial charge in [-0.1, -0.05) is 18.2 Å². The van der Waals surface area contributed by atoms with Gasteiger partial charge in [0, 0.05) is 23.4 Å². The zero-order chi connectivity index (χ0) is 14.3. The van der Waals surface area contributed by atoms with Crippen LogP contribution in [0.25, 0.3) is 10.1 Å². The molecule has 1 aromatic heterocycles. The zero-order valence-electron chi connectivity index (χ0n) is 10.6. The van der Waals surface area contributed by atoms with Crippen LogP contribution in [0.1, 0.15) is 21.7 Å². The molecule has 1 fully saturated rings. The van der Waals surface area contributed by atoms with Crippen molar-refractivity contribution in [2.45, 2.75) is 13.0 Å². The van der Waals surface area contributed by atoms with E-state index >= 15 is 0 Å². The van der Waals surface area contributed by atoms with E-state index in [1.165, 1.54) is 15.6 Å². The molecule has 5 nitrogen and oxygen atoms in total. The van der Waals surface area contributed by atoms with Crippen molar-refractivity contribution >= 4 is 37.4 Å². The molecule has 20 heavy (non-hydrogen) atoms. The van der Waals surface area contributed by atoms with E-state index < -0.39 is 16.0 Å². The van der Waals surface area contributed by atoms with Crippen LogP contribution >= 0.6 is 11.3 Å². The monoisotopic (exact) mass is 311 g/mol. The van der Waals surface area contributed by atoms with E-state index in [9.17, 15) is 18.3 Å². The summed E-state index contributed by atoms with van der Waals surface area (Å²) in [6, 6.07) is 7.38. The molecule has 0 spiro atoms. The number of hydrogen-bond donors (Lipinski definition) is 1. The van der Waals surface area contributed by atoms with Crippen LogP contribution in [-0.2, 0) is 16.6 Å². The Morgan fingerprint density at radius 1 is 1.35 bits per heavy atom. The van der Waals surface area contributed by atoms with Gasteiger partial charge in [0.25, 0.3) is 0 Å². The smallest absolute Gasteiger partial charge is 0.346 e. The normalized spacial score (nSPS) is 18.6. The minimum atomic E-state index is -3.23.